The van der Waals surface area contributed by atoms with Crippen LogP contribution in [0.2, 0.25) is 0 Å². The van der Waals surface area contributed by atoms with Crippen molar-refractivity contribution >= 4 is 11.9 Å². The molecule has 1 aliphatic heterocycles. The number of carbonyl (C=O) groups excluding carboxylic acids is 1. The fourth-order valence-electron chi connectivity index (χ4n) is 2.51. The molecule has 21 heavy (non-hydrogen) atoms. The molecule has 1 amide bonds. The van der Waals surface area contributed by atoms with Gasteiger partial charge in [0.05, 0.1) is 0 Å². The number of phenolic OH excluding ortho intramolecular Hbond substituents is 1. The SMILES string of the molecule is O=C(NCC(C(=O)O)N1CCCCC1)c1ccc(O)cc1. The Balaban J connectivity index is 1.93. The predicted molar refractivity (Wildman–Crippen MR) is 77.3 cm³/mol. The Kier molecular flexibility index (Phi) is 5.16. The summed E-state index contributed by atoms with van der Waals surface area (Å²) in [5.74, 6) is -1.16. The smallest absolute Gasteiger partial charge is 0.322 e. The second-order valence-electron chi connectivity index (χ2n) is 5.21. The lowest BCUT2D eigenvalue weighted by Gasteiger charge is -2.31. The van der Waals surface area contributed by atoms with Gasteiger partial charge in [0, 0.05) is 12.1 Å². The molecule has 6 heteroatoms. The van der Waals surface area contributed by atoms with E-state index < -0.39 is 12.0 Å². The van der Waals surface area contributed by atoms with Crippen molar-refractivity contribution in [3.05, 3.63) is 29.8 Å². The summed E-state index contributed by atoms with van der Waals surface area (Å²) in [6.45, 7) is 1.59. The number of likely N-dealkylation sites (tertiary alicyclic amines) is 1. The number of benzene rings is 1. The molecule has 0 aromatic heterocycles. The van der Waals surface area contributed by atoms with E-state index in [9.17, 15) is 19.8 Å². The molecule has 3 N–H and O–H groups in total. The molecule has 1 aromatic carbocycles. The largest absolute Gasteiger partial charge is 0.508 e. The maximum absolute atomic E-state index is 12.0. The van der Waals surface area contributed by atoms with Gasteiger partial charge in [-0.15, -0.1) is 0 Å². The second-order valence-corrected chi connectivity index (χ2v) is 5.21. The van der Waals surface area contributed by atoms with Gasteiger partial charge in [-0.1, -0.05) is 6.42 Å². The lowest BCUT2D eigenvalue weighted by atomic mass is 10.1. The van der Waals surface area contributed by atoms with Gasteiger partial charge in [0.1, 0.15) is 11.8 Å². The number of amides is 1. The van der Waals surface area contributed by atoms with Gasteiger partial charge in [0.25, 0.3) is 5.91 Å². The number of nitrogens with zero attached hydrogens (tertiary/aromatic N) is 1. The van der Waals surface area contributed by atoms with Crippen LogP contribution in [0, 0.1) is 0 Å². The summed E-state index contributed by atoms with van der Waals surface area (Å²) in [5, 5.41) is 21.2. The summed E-state index contributed by atoms with van der Waals surface area (Å²) in [4.78, 5) is 25.2. The quantitative estimate of drug-likeness (QED) is 0.755. The van der Waals surface area contributed by atoms with E-state index in [1.54, 1.807) is 0 Å². The fourth-order valence-corrected chi connectivity index (χ4v) is 2.51. The minimum atomic E-state index is -0.914. The van der Waals surface area contributed by atoms with Gasteiger partial charge in [0.15, 0.2) is 0 Å². The van der Waals surface area contributed by atoms with E-state index in [0.717, 1.165) is 32.4 Å². The van der Waals surface area contributed by atoms with Crippen molar-refractivity contribution in [3.8, 4) is 5.75 Å². The number of nitrogens with one attached hydrogen (secondary N) is 1. The highest BCUT2D eigenvalue weighted by molar-refractivity contribution is 5.94. The molecule has 1 aliphatic rings. The third-order valence-electron chi connectivity index (χ3n) is 3.70. The molecule has 114 valence electrons. The number of carbonyl (C=O) groups is 2. The van der Waals surface area contributed by atoms with Crippen LogP contribution in [0.5, 0.6) is 5.75 Å². The summed E-state index contributed by atoms with van der Waals surface area (Å²) >= 11 is 0. The third-order valence-corrected chi connectivity index (χ3v) is 3.70. The van der Waals surface area contributed by atoms with Crippen LogP contribution in [0.4, 0.5) is 0 Å². The molecule has 1 aromatic rings. The van der Waals surface area contributed by atoms with Gasteiger partial charge in [-0.2, -0.15) is 0 Å². The number of carboxylic acid groups (broad SMARTS) is 1. The zero-order valence-corrected chi connectivity index (χ0v) is 11.8. The first-order chi connectivity index (χ1) is 10.1. The standard InChI is InChI=1S/C15H20N2O4/c18-12-6-4-11(5-7-12)14(19)16-10-13(15(20)21)17-8-2-1-3-9-17/h4-7,13,18H,1-3,8-10H2,(H,16,19)(H,20,21). The molecular formula is C15H20N2O4. The Hall–Kier alpha value is -2.08. The Bertz CT molecular complexity index is 495. The Morgan fingerprint density at radius 1 is 1.14 bits per heavy atom. The molecule has 2 rings (SSSR count). The predicted octanol–water partition coefficient (Wildman–Crippen LogP) is 1.06. The van der Waals surface area contributed by atoms with Crippen LogP contribution in [0.1, 0.15) is 29.6 Å². The summed E-state index contributed by atoms with van der Waals surface area (Å²) in [5.41, 5.74) is 0.399. The first-order valence-electron chi connectivity index (χ1n) is 7.12. The maximum atomic E-state index is 12.0. The van der Waals surface area contributed by atoms with E-state index in [2.05, 4.69) is 5.32 Å². The third kappa shape index (κ3) is 4.19. The number of piperidine rings is 1. The number of aliphatic carboxylic acids is 1. The molecule has 0 saturated carbocycles. The monoisotopic (exact) mass is 292 g/mol. The molecule has 1 saturated heterocycles. The van der Waals surface area contributed by atoms with Gasteiger partial charge in [-0.3, -0.25) is 14.5 Å². The normalized spacial score (nSPS) is 17.1. The zero-order chi connectivity index (χ0) is 15.2. The van der Waals surface area contributed by atoms with Crippen molar-refractivity contribution in [2.45, 2.75) is 25.3 Å². The molecule has 0 aliphatic carbocycles. The molecule has 0 spiro atoms. The van der Waals surface area contributed by atoms with Crippen LogP contribution >= 0.6 is 0 Å². The first-order valence-corrected chi connectivity index (χ1v) is 7.12. The summed E-state index contributed by atoms with van der Waals surface area (Å²) in [7, 11) is 0. The van der Waals surface area contributed by atoms with Crippen LogP contribution in [0.15, 0.2) is 24.3 Å². The number of aromatic hydroxyl groups is 1. The molecule has 1 heterocycles. The molecule has 1 atom stereocenters. The first kappa shape index (κ1) is 15.3. The average molecular weight is 292 g/mol. The van der Waals surface area contributed by atoms with E-state index in [1.165, 1.54) is 24.3 Å². The average Bonchev–Trinajstić information content (AvgIpc) is 2.48. The lowest BCUT2D eigenvalue weighted by molar-refractivity contribution is -0.143. The van der Waals surface area contributed by atoms with Gasteiger partial charge in [-0.05, 0) is 50.2 Å². The van der Waals surface area contributed by atoms with Gasteiger partial charge in [0.2, 0.25) is 0 Å². The Morgan fingerprint density at radius 2 is 1.76 bits per heavy atom. The number of phenols is 1. The number of carboxylic acids is 1. The summed E-state index contributed by atoms with van der Waals surface area (Å²) < 4.78 is 0. The van der Waals surface area contributed by atoms with Crippen LogP contribution < -0.4 is 5.32 Å². The highest BCUT2D eigenvalue weighted by Gasteiger charge is 2.27. The molecule has 0 radical (unpaired) electrons. The van der Waals surface area contributed by atoms with Crippen molar-refractivity contribution < 1.29 is 19.8 Å². The van der Waals surface area contributed by atoms with Crippen molar-refractivity contribution in [1.29, 1.82) is 0 Å². The maximum Gasteiger partial charge on any atom is 0.322 e. The molecule has 0 bridgehead atoms. The minimum absolute atomic E-state index is 0.0784. The summed E-state index contributed by atoms with van der Waals surface area (Å²) in [6, 6.07) is 5.16. The number of hydrogen-bond acceptors (Lipinski definition) is 4. The van der Waals surface area contributed by atoms with Crippen LogP contribution in [-0.4, -0.2) is 52.7 Å². The van der Waals surface area contributed by atoms with E-state index in [-0.39, 0.29) is 18.2 Å². The number of rotatable bonds is 5. The highest BCUT2D eigenvalue weighted by atomic mass is 16.4. The van der Waals surface area contributed by atoms with Crippen LogP contribution in [0.3, 0.4) is 0 Å². The van der Waals surface area contributed by atoms with Crippen molar-refractivity contribution in [3.63, 3.8) is 0 Å². The van der Waals surface area contributed by atoms with Crippen molar-refractivity contribution in [2.24, 2.45) is 0 Å². The van der Waals surface area contributed by atoms with Gasteiger partial charge >= 0.3 is 5.97 Å². The lowest BCUT2D eigenvalue weighted by Crippen LogP contribution is -2.50. The fraction of sp³-hybridized carbons (Fsp3) is 0.467. The number of hydrogen-bond donors (Lipinski definition) is 3. The second kappa shape index (κ2) is 7.08. The van der Waals surface area contributed by atoms with Crippen molar-refractivity contribution in [1.82, 2.24) is 10.2 Å². The minimum Gasteiger partial charge on any atom is -0.508 e. The molecule has 1 unspecified atom stereocenters. The highest BCUT2D eigenvalue weighted by Crippen LogP contribution is 2.13. The zero-order valence-electron chi connectivity index (χ0n) is 11.8. The Morgan fingerprint density at radius 3 is 2.33 bits per heavy atom. The van der Waals surface area contributed by atoms with Gasteiger partial charge < -0.3 is 15.5 Å². The summed E-state index contributed by atoms with van der Waals surface area (Å²) in [6.07, 6.45) is 3.12. The molecular weight excluding hydrogens is 272 g/mol. The van der Waals surface area contributed by atoms with Crippen molar-refractivity contribution in [2.75, 3.05) is 19.6 Å². The molecule has 6 nitrogen and oxygen atoms in total. The van der Waals surface area contributed by atoms with E-state index in [0.29, 0.717) is 5.56 Å². The van der Waals surface area contributed by atoms with E-state index in [1.807, 2.05) is 4.90 Å². The Labute approximate surface area is 123 Å². The van der Waals surface area contributed by atoms with Gasteiger partial charge in [-0.25, -0.2) is 0 Å². The van der Waals surface area contributed by atoms with Crippen LogP contribution in [-0.2, 0) is 4.79 Å². The van der Waals surface area contributed by atoms with E-state index in [4.69, 9.17) is 0 Å². The molecule has 1 fully saturated rings. The topological polar surface area (TPSA) is 89.9 Å². The van der Waals surface area contributed by atoms with E-state index >= 15 is 0 Å². The van der Waals surface area contributed by atoms with Crippen LogP contribution in [0.25, 0.3) is 0 Å².